The highest BCUT2D eigenvalue weighted by Crippen LogP contribution is 2.28. The van der Waals surface area contributed by atoms with Gasteiger partial charge in [0.2, 0.25) is 0 Å². The number of carbonyl (C=O) groups is 2. The van der Waals surface area contributed by atoms with E-state index in [0.717, 1.165) is 16.9 Å². The molecule has 1 aliphatic carbocycles. The van der Waals surface area contributed by atoms with E-state index in [1.54, 1.807) is 11.3 Å². The number of hydrogen-bond donors (Lipinski definition) is 1. The maximum Gasteiger partial charge on any atom is 0.306 e. The largest absolute Gasteiger partial charge is 0.456 e. The molecule has 0 unspecified atom stereocenters. The van der Waals surface area contributed by atoms with Gasteiger partial charge in [-0.15, -0.1) is 11.3 Å². The summed E-state index contributed by atoms with van der Waals surface area (Å²) >= 11 is 1.59. The van der Waals surface area contributed by atoms with Gasteiger partial charge in [0.05, 0.1) is 6.04 Å². The molecule has 26 heavy (non-hydrogen) atoms. The summed E-state index contributed by atoms with van der Waals surface area (Å²) in [5, 5.41) is 4.97. The number of esters is 1. The van der Waals surface area contributed by atoms with Crippen LogP contribution in [0.4, 0.5) is 0 Å². The van der Waals surface area contributed by atoms with Crippen molar-refractivity contribution < 1.29 is 14.3 Å². The van der Waals surface area contributed by atoms with Gasteiger partial charge in [0.1, 0.15) is 0 Å². The highest BCUT2D eigenvalue weighted by molar-refractivity contribution is 7.10. The Bertz CT molecular complexity index is 693. The van der Waals surface area contributed by atoms with E-state index in [-0.39, 0.29) is 24.5 Å². The Labute approximate surface area is 158 Å². The Morgan fingerprint density at radius 1 is 1.12 bits per heavy atom. The monoisotopic (exact) mass is 371 g/mol. The first kappa shape index (κ1) is 18.6. The van der Waals surface area contributed by atoms with Gasteiger partial charge >= 0.3 is 5.97 Å². The molecular formula is C21H25NO3S. The minimum Gasteiger partial charge on any atom is -0.456 e. The van der Waals surface area contributed by atoms with E-state index in [1.165, 1.54) is 25.7 Å². The van der Waals surface area contributed by atoms with E-state index in [0.29, 0.717) is 12.3 Å². The third-order valence-corrected chi connectivity index (χ3v) is 5.80. The molecule has 0 radical (unpaired) electrons. The molecule has 0 saturated heterocycles. The molecule has 3 rings (SSSR count). The summed E-state index contributed by atoms with van der Waals surface area (Å²) in [5.74, 6) is 0.0959. The Hall–Kier alpha value is -2.14. The molecular weight excluding hydrogens is 346 g/mol. The second kappa shape index (κ2) is 9.53. The van der Waals surface area contributed by atoms with E-state index in [2.05, 4.69) is 5.32 Å². The predicted molar refractivity (Wildman–Crippen MR) is 103 cm³/mol. The molecule has 1 aromatic heterocycles. The van der Waals surface area contributed by atoms with Crippen LogP contribution >= 0.6 is 11.3 Å². The van der Waals surface area contributed by atoms with Crippen LogP contribution in [0.2, 0.25) is 0 Å². The fraction of sp³-hybridized carbons (Fsp3) is 0.429. The first-order valence-corrected chi connectivity index (χ1v) is 10.1. The van der Waals surface area contributed by atoms with Gasteiger partial charge in [0.15, 0.2) is 6.61 Å². The molecule has 1 aromatic carbocycles. The third kappa shape index (κ3) is 5.43. The van der Waals surface area contributed by atoms with Crippen molar-refractivity contribution in [3.05, 3.63) is 58.3 Å². The molecule has 0 bridgehead atoms. The second-order valence-corrected chi connectivity index (χ2v) is 7.76. The van der Waals surface area contributed by atoms with Crippen LogP contribution in [-0.4, -0.2) is 18.5 Å². The first-order chi connectivity index (χ1) is 12.7. The lowest BCUT2D eigenvalue weighted by molar-refractivity contribution is -0.148. The lowest BCUT2D eigenvalue weighted by Crippen LogP contribution is -2.32. The minimum atomic E-state index is -0.278. The third-order valence-electron chi connectivity index (χ3n) is 4.86. The van der Waals surface area contributed by atoms with Crippen LogP contribution in [0.3, 0.4) is 0 Å². The number of amides is 1. The Morgan fingerprint density at radius 3 is 2.58 bits per heavy atom. The fourth-order valence-electron chi connectivity index (χ4n) is 3.46. The number of carbonyl (C=O) groups excluding carboxylic acids is 2. The molecule has 1 heterocycles. The first-order valence-electron chi connectivity index (χ1n) is 9.25. The zero-order chi connectivity index (χ0) is 18.2. The van der Waals surface area contributed by atoms with Gasteiger partial charge in [-0.05, 0) is 29.3 Å². The van der Waals surface area contributed by atoms with Crippen molar-refractivity contribution in [1.82, 2.24) is 5.32 Å². The summed E-state index contributed by atoms with van der Waals surface area (Å²) in [6, 6.07) is 13.6. The Kier molecular flexibility index (Phi) is 6.83. The lowest BCUT2D eigenvalue weighted by atomic mass is 10.0. The Balaban J connectivity index is 1.49. The molecule has 138 valence electrons. The molecule has 0 aliphatic heterocycles. The van der Waals surface area contributed by atoms with Gasteiger partial charge in [-0.25, -0.2) is 0 Å². The highest BCUT2D eigenvalue weighted by Gasteiger charge is 2.20. The summed E-state index contributed by atoms with van der Waals surface area (Å²) < 4.78 is 5.17. The zero-order valence-corrected chi connectivity index (χ0v) is 15.7. The van der Waals surface area contributed by atoms with Crippen LogP contribution in [0.5, 0.6) is 0 Å². The summed E-state index contributed by atoms with van der Waals surface area (Å²) in [6.07, 6.45) is 6.26. The molecule has 2 aromatic rings. The summed E-state index contributed by atoms with van der Waals surface area (Å²) in [5.41, 5.74) is 1.01. The summed E-state index contributed by atoms with van der Waals surface area (Å²) in [7, 11) is 0. The number of nitrogens with one attached hydrogen (secondary N) is 1. The second-order valence-electron chi connectivity index (χ2n) is 6.78. The molecule has 1 N–H and O–H groups in total. The van der Waals surface area contributed by atoms with Crippen LogP contribution in [0, 0.1) is 5.92 Å². The van der Waals surface area contributed by atoms with E-state index >= 15 is 0 Å². The normalized spacial score (nSPS) is 15.5. The molecule has 5 heteroatoms. The minimum absolute atomic E-state index is 0.221. The zero-order valence-electron chi connectivity index (χ0n) is 14.9. The number of thiophene rings is 1. The number of benzene rings is 1. The number of rotatable bonds is 8. The standard InChI is InChI=1S/C21H25NO3S/c23-19(15-25-20(24)13-12-16-7-4-5-8-16)22-21(18-11-6-14-26-18)17-9-2-1-3-10-17/h1-3,6,9-11,14,16,21H,4-5,7-8,12-13,15H2,(H,22,23)/t21-/m1/s1. The highest BCUT2D eigenvalue weighted by atomic mass is 32.1. The fourth-order valence-corrected chi connectivity index (χ4v) is 4.26. The van der Waals surface area contributed by atoms with Crippen molar-refractivity contribution in [3.8, 4) is 0 Å². The molecule has 1 fully saturated rings. The van der Waals surface area contributed by atoms with E-state index < -0.39 is 0 Å². The van der Waals surface area contributed by atoms with E-state index in [1.807, 2.05) is 47.8 Å². The van der Waals surface area contributed by atoms with Crippen molar-refractivity contribution in [3.63, 3.8) is 0 Å². The van der Waals surface area contributed by atoms with Gasteiger partial charge in [-0.1, -0.05) is 62.1 Å². The van der Waals surface area contributed by atoms with Crippen molar-refractivity contribution in [2.24, 2.45) is 5.92 Å². The average Bonchev–Trinajstić information content (AvgIpc) is 3.37. The SMILES string of the molecule is O=C(COC(=O)CCC1CCCC1)N[C@H](c1ccccc1)c1cccs1. The topological polar surface area (TPSA) is 55.4 Å². The molecule has 1 amide bonds. The van der Waals surface area contributed by atoms with Crippen LogP contribution in [0.1, 0.15) is 55.0 Å². The quantitative estimate of drug-likeness (QED) is 0.697. The Morgan fingerprint density at radius 2 is 1.88 bits per heavy atom. The van der Waals surface area contributed by atoms with Gasteiger partial charge in [-0.2, -0.15) is 0 Å². The van der Waals surface area contributed by atoms with Crippen LogP contribution < -0.4 is 5.32 Å². The maximum atomic E-state index is 12.3. The van der Waals surface area contributed by atoms with Crippen molar-refractivity contribution in [2.75, 3.05) is 6.61 Å². The molecule has 0 spiro atoms. The molecule has 1 aliphatic rings. The van der Waals surface area contributed by atoms with Gasteiger partial charge < -0.3 is 10.1 Å². The molecule has 1 atom stereocenters. The van der Waals surface area contributed by atoms with Crippen molar-refractivity contribution >= 4 is 23.2 Å². The number of hydrogen-bond acceptors (Lipinski definition) is 4. The van der Waals surface area contributed by atoms with Gasteiger partial charge in [0, 0.05) is 11.3 Å². The number of ether oxygens (including phenoxy) is 1. The van der Waals surface area contributed by atoms with Crippen molar-refractivity contribution in [1.29, 1.82) is 0 Å². The predicted octanol–water partition coefficient (Wildman–Crippen LogP) is 4.47. The van der Waals surface area contributed by atoms with Crippen LogP contribution in [0.15, 0.2) is 47.8 Å². The maximum absolute atomic E-state index is 12.3. The average molecular weight is 372 g/mol. The summed E-state index contributed by atoms with van der Waals surface area (Å²) in [6.45, 7) is -0.224. The van der Waals surface area contributed by atoms with Gasteiger partial charge in [0.25, 0.3) is 5.91 Å². The van der Waals surface area contributed by atoms with Crippen LogP contribution in [-0.2, 0) is 14.3 Å². The lowest BCUT2D eigenvalue weighted by Gasteiger charge is -2.18. The van der Waals surface area contributed by atoms with Gasteiger partial charge in [-0.3, -0.25) is 9.59 Å². The smallest absolute Gasteiger partial charge is 0.306 e. The van der Waals surface area contributed by atoms with E-state index in [9.17, 15) is 9.59 Å². The summed E-state index contributed by atoms with van der Waals surface area (Å²) in [4.78, 5) is 25.2. The molecule has 4 nitrogen and oxygen atoms in total. The van der Waals surface area contributed by atoms with Crippen molar-refractivity contribution in [2.45, 2.75) is 44.6 Å². The van der Waals surface area contributed by atoms with E-state index in [4.69, 9.17) is 4.74 Å². The molecule has 1 saturated carbocycles. The van der Waals surface area contributed by atoms with Crippen LogP contribution in [0.25, 0.3) is 0 Å².